The van der Waals surface area contributed by atoms with Crippen molar-refractivity contribution in [1.29, 1.82) is 0 Å². The van der Waals surface area contributed by atoms with Gasteiger partial charge < -0.3 is 14.6 Å². The Morgan fingerprint density at radius 1 is 1.36 bits per heavy atom. The van der Waals surface area contributed by atoms with Crippen LogP contribution in [0, 0.1) is 19.3 Å². The zero-order valence-electron chi connectivity index (χ0n) is 13.8. The summed E-state index contributed by atoms with van der Waals surface area (Å²) in [5.41, 5.74) is 1.55. The van der Waals surface area contributed by atoms with Gasteiger partial charge in [0.2, 0.25) is 5.89 Å². The fourth-order valence-electron chi connectivity index (χ4n) is 3.38. The molecule has 1 aliphatic carbocycles. The summed E-state index contributed by atoms with van der Waals surface area (Å²) in [6.07, 6.45) is 5.49. The van der Waals surface area contributed by atoms with Gasteiger partial charge >= 0.3 is 0 Å². The number of hydrogen-bond acceptors (Lipinski definition) is 3. The third-order valence-corrected chi connectivity index (χ3v) is 4.92. The molecule has 0 atom stereocenters. The van der Waals surface area contributed by atoms with Gasteiger partial charge in [-0.2, -0.15) is 0 Å². The molecule has 1 saturated carbocycles. The standard InChI is InChI=1S/C16H26N4O.HI/c1-4-17-15(18-10-14-19-12(2)13(3)21-14)20-9-8-16(11-20)6-5-7-16;/h4-11H2,1-3H3,(H,17,18);1H. The minimum Gasteiger partial charge on any atom is -0.444 e. The molecule has 124 valence electrons. The van der Waals surface area contributed by atoms with Crippen molar-refractivity contribution in [3.63, 3.8) is 0 Å². The van der Waals surface area contributed by atoms with Crippen molar-refractivity contribution in [2.24, 2.45) is 10.4 Å². The van der Waals surface area contributed by atoms with Crippen LogP contribution in [0.3, 0.4) is 0 Å². The van der Waals surface area contributed by atoms with Crippen LogP contribution in [-0.2, 0) is 6.54 Å². The monoisotopic (exact) mass is 418 g/mol. The van der Waals surface area contributed by atoms with Gasteiger partial charge in [0.15, 0.2) is 5.96 Å². The van der Waals surface area contributed by atoms with Crippen LogP contribution in [0.25, 0.3) is 0 Å². The summed E-state index contributed by atoms with van der Waals surface area (Å²) in [6.45, 7) is 9.72. The first kappa shape index (κ1) is 17.6. The molecule has 22 heavy (non-hydrogen) atoms. The normalized spacial score (nSPS) is 20.0. The van der Waals surface area contributed by atoms with Gasteiger partial charge in [0.1, 0.15) is 12.3 Å². The van der Waals surface area contributed by atoms with Gasteiger partial charge in [-0.25, -0.2) is 9.98 Å². The molecule has 2 aliphatic rings. The van der Waals surface area contributed by atoms with Crippen molar-refractivity contribution in [3.8, 4) is 0 Å². The molecule has 1 aromatic rings. The molecule has 0 aromatic carbocycles. The number of aryl methyl sites for hydroxylation is 2. The van der Waals surface area contributed by atoms with Gasteiger partial charge in [-0.3, -0.25) is 0 Å². The Balaban J connectivity index is 0.00000176. The highest BCUT2D eigenvalue weighted by Crippen LogP contribution is 2.47. The van der Waals surface area contributed by atoms with Gasteiger partial charge in [-0.1, -0.05) is 6.42 Å². The van der Waals surface area contributed by atoms with E-state index in [-0.39, 0.29) is 24.0 Å². The van der Waals surface area contributed by atoms with Crippen LogP contribution < -0.4 is 5.32 Å². The summed E-state index contributed by atoms with van der Waals surface area (Å²) in [7, 11) is 0. The second-order valence-corrected chi connectivity index (χ2v) is 6.44. The molecule has 0 amide bonds. The average Bonchev–Trinajstić information content (AvgIpc) is 2.99. The summed E-state index contributed by atoms with van der Waals surface area (Å²) in [6, 6.07) is 0. The molecular formula is C16H27IN4O. The molecule has 1 spiro atoms. The van der Waals surface area contributed by atoms with Crippen LogP contribution in [0.15, 0.2) is 9.41 Å². The molecule has 5 nitrogen and oxygen atoms in total. The van der Waals surface area contributed by atoms with Crippen LogP contribution in [-0.4, -0.2) is 35.5 Å². The minimum atomic E-state index is 0. The fourth-order valence-corrected chi connectivity index (χ4v) is 3.38. The predicted molar refractivity (Wildman–Crippen MR) is 98.7 cm³/mol. The number of aromatic nitrogens is 1. The van der Waals surface area contributed by atoms with Crippen LogP contribution in [0.5, 0.6) is 0 Å². The first-order valence-electron chi connectivity index (χ1n) is 8.08. The van der Waals surface area contributed by atoms with Crippen LogP contribution in [0.1, 0.15) is 50.0 Å². The number of hydrogen-bond donors (Lipinski definition) is 1. The number of aliphatic imine (C=N–C) groups is 1. The molecule has 1 N–H and O–H groups in total. The number of nitrogens with zero attached hydrogens (tertiary/aromatic N) is 3. The lowest BCUT2D eigenvalue weighted by Crippen LogP contribution is -2.42. The molecule has 2 fully saturated rings. The molecule has 1 saturated heterocycles. The van der Waals surface area contributed by atoms with Crippen molar-refractivity contribution in [3.05, 3.63) is 17.3 Å². The maximum atomic E-state index is 5.61. The van der Waals surface area contributed by atoms with Crippen LogP contribution in [0.4, 0.5) is 0 Å². The van der Waals surface area contributed by atoms with E-state index in [1.54, 1.807) is 0 Å². The van der Waals surface area contributed by atoms with Gasteiger partial charge in [0.25, 0.3) is 0 Å². The first-order chi connectivity index (χ1) is 10.1. The SMILES string of the molecule is CCNC(=NCc1nc(C)c(C)o1)N1CCC2(CCC2)C1.I. The minimum absolute atomic E-state index is 0. The van der Waals surface area contributed by atoms with Crippen molar-refractivity contribution in [2.45, 2.75) is 53.0 Å². The molecule has 6 heteroatoms. The molecule has 0 bridgehead atoms. The summed E-state index contributed by atoms with van der Waals surface area (Å²) < 4.78 is 5.61. The highest BCUT2D eigenvalue weighted by molar-refractivity contribution is 14.0. The molecule has 3 rings (SSSR count). The van der Waals surface area contributed by atoms with E-state index < -0.39 is 0 Å². The van der Waals surface area contributed by atoms with Crippen molar-refractivity contribution >= 4 is 29.9 Å². The highest BCUT2D eigenvalue weighted by Gasteiger charge is 2.43. The van der Waals surface area contributed by atoms with Gasteiger partial charge in [0.05, 0.1) is 5.69 Å². The smallest absolute Gasteiger partial charge is 0.216 e. The van der Waals surface area contributed by atoms with Crippen molar-refractivity contribution in [2.75, 3.05) is 19.6 Å². The van der Waals surface area contributed by atoms with E-state index in [1.807, 2.05) is 13.8 Å². The number of halogens is 1. The Hall–Kier alpha value is -0.790. The van der Waals surface area contributed by atoms with Gasteiger partial charge in [0, 0.05) is 19.6 Å². The molecule has 2 heterocycles. The Labute approximate surface area is 150 Å². The molecule has 0 radical (unpaired) electrons. The summed E-state index contributed by atoms with van der Waals surface area (Å²) >= 11 is 0. The van der Waals surface area contributed by atoms with E-state index in [0.717, 1.165) is 37.0 Å². The number of nitrogens with one attached hydrogen (secondary N) is 1. The van der Waals surface area contributed by atoms with Crippen molar-refractivity contribution in [1.82, 2.24) is 15.2 Å². The maximum absolute atomic E-state index is 5.61. The zero-order valence-corrected chi connectivity index (χ0v) is 16.1. The lowest BCUT2D eigenvalue weighted by atomic mass is 9.68. The fraction of sp³-hybridized carbons (Fsp3) is 0.750. The zero-order chi connectivity index (χ0) is 14.9. The van der Waals surface area contributed by atoms with Crippen molar-refractivity contribution < 1.29 is 4.42 Å². The van der Waals surface area contributed by atoms with E-state index in [0.29, 0.717) is 17.9 Å². The Morgan fingerprint density at radius 3 is 2.64 bits per heavy atom. The summed E-state index contributed by atoms with van der Waals surface area (Å²) in [5.74, 6) is 2.60. The number of rotatable bonds is 3. The third kappa shape index (κ3) is 3.58. The predicted octanol–water partition coefficient (Wildman–Crippen LogP) is 3.25. The van der Waals surface area contributed by atoms with E-state index in [1.165, 1.54) is 25.7 Å². The number of oxazole rings is 1. The quantitative estimate of drug-likeness (QED) is 0.465. The summed E-state index contributed by atoms with van der Waals surface area (Å²) in [5, 5.41) is 3.41. The lowest BCUT2D eigenvalue weighted by Gasteiger charge is -2.38. The van der Waals surface area contributed by atoms with E-state index in [4.69, 9.17) is 9.41 Å². The number of likely N-dealkylation sites (tertiary alicyclic amines) is 1. The molecule has 1 aromatic heterocycles. The van der Waals surface area contributed by atoms with E-state index in [9.17, 15) is 0 Å². The Bertz CT molecular complexity index is 517. The number of guanidine groups is 1. The molecule has 1 aliphatic heterocycles. The van der Waals surface area contributed by atoms with E-state index >= 15 is 0 Å². The first-order valence-corrected chi connectivity index (χ1v) is 8.08. The average molecular weight is 418 g/mol. The van der Waals surface area contributed by atoms with Gasteiger partial charge in [-0.05, 0) is 45.4 Å². The Kier molecular flexibility index (Phi) is 5.74. The topological polar surface area (TPSA) is 53.7 Å². The van der Waals surface area contributed by atoms with E-state index in [2.05, 4.69) is 22.1 Å². The van der Waals surface area contributed by atoms with Crippen LogP contribution in [0.2, 0.25) is 0 Å². The molecular weight excluding hydrogens is 391 g/mol. The highest BCUT2D eigenvalue weighted by atomic mass is 127. The second-order valence-electron chi connectivity index (χ2n) is 6.44. The Morgan fingerprint density at radius 2 is 2.14 bits per heavy atom. The third-order valence-electron chi connectivity index (χ3n) is 4.92. The van der Waals surface area contributed by atoms with Crippen LogP contribution >= 0.6 is 24.0 Å². The lowest BCUT2D eigenvalue weighted by molar-refractivity contribution is 0.151. The maximum Gasteiger partial charge on any atom is 0.216 e. The molecule has 0 unspecified atom stereocenters. The summed E-state index contributed by atoms with van der Waals surface area (Å²) in [4.78, 5) is 11.5. The largest absolute Gasteiger partial charge is 0.444 e. The second kappa shape index (κ2) is 7.19. The van der Waals surface area contributed by atoms with Gasteiger partial charge in [-0.15, -0.1) is 24.0 Å².